The van der Waals surface area contributed by atoms with Crippen LogP contribution in [0.4, 0.5) is 0 Å². The first-order valence-corrected chi connectivity index (χ1v) is 4.25. The number of hydrogen-bond acceptors (Lipinski definition) is 2. The minimum absolute atomic E-state index is 0.0662. The van der Waals surface area contributed by atoms with Crippen LogP contribution in [0.5, 0.6) is 0 Å². The van der Waals surface area contributed by atoms with E-state index in [1.165, 1.54) is 0 Å². The van der Waals surface area contributed by atoms with Crippen LogP contribution < -0.4 is 0 Å². The number of methoxy groups -OCH3 is 1. The molecule has 2 heteroatoms. The molecule has 0 aliphatic carbocycles. The van der Waals surface area contributed by atoms with Gasteiger partial charge in [-0.1, -0.05) is 19.9 Å². The number of terminal acetylenes is 1. The molecule has 1 atom stereocenters. The molecule has 0 aliphatic rings. The second kappa shape index (κ2) is 5.80. The van der Waals surface area contributed by atoms with E-state index in [2.05, 4.69) is 26.3 Å². The summed E-state index contributed by atoms with van der Waals surface area (Å²) in [5.41, 5.74) is -0.0883. The van der Waals surface area contributed by atoms with Crippen LogP contribution >= 0.6 is 0 Å². The quantitative estimate of drug-likeness (QED) is 0.356. The Balaban J connectivity index is 4.20. The third kappa shape index (κ3) is 4.12. The van der Waals surface area contributed by atoms with E-state index in [4.69, 9.17) is 15.9 Å². The molecule has 0 aromatic rings. The summed E-state index contributed by atoms with van der Waals surface area (Å²) in [5, 5.41) is 0. The minimum atomic E-state index is -0.0883. The van der Waals surface area contributed by atoms with Crippen molar-refractivity contribution in [1.82, 2.24) is 0 Å². The fourth-order valence-electron chi connectivity index (χ4n) is 1.12. The van der Waals surface area contributed by atoms with E-state index in [1.54, 1.807) is 13.2 Å². The highest BCUT2D eigenvalue weighted by Gasteiger charge is 2.26. The summed E-state index contributed by atoms with van der Waals surface area (Å²) in [6.45, 7) is 8.08. The van der Waals surface area contributed by atoms with Crippen LogP contribution in [0.15, 0.2) is 12.7 Å². The molecule has 0 N–H and O–H groups in total. The maximum atomic E-state index is 5.42. The number of rotatable bonds is 6. The maximum Gasteiger partial charge on any atom is 0.147 e. The van der Waals surface area contributed by atoms with Crippen molar-refractivity contribution in [1.29, 1.82) is 0 Å². The largest absolute Gasteiger partial charge is 0.359 e. The molecule has 0 amide bonds. The van der Waals surface area contributed by atoms with E-state index in [0.717, 1.165) is 0 Å². The average Bonchev–Trinajstić information content (AvgIpc) is 2.05. The second-order valence-corrected chi connectivity index (χ2v) is 3.60. The summed E-state index contributed by atoms with van der Waals surface area (Å²) in [5.74, 6) is 2.63. The number of ether oxygens (including phenoxy) is 2. The standard InChI is InChI=1S/C11H18O2/c1-6-8-11(3,4)10(7-2)13-9-12-5/h1,7,10H,2,8-9H2,3-5H3. The Hall–Kier alpha value is -0.780. The number of hydrogen-bond donors (Lipinski definition) is 0. The van der Waals surface area contributed by atoms with Gasteiger partial charge in [0.05, 0.1) is 6.10 Å². The van der Waals surface area contributed by atoms with Crippen LogP contribution in [-0.2, 0) is 9.47 Å². The second-order valence-electron chi connectivity index (χ2n) is 3.60. The van der Waals surface area contributed by atoms with Crippen molar-refractivity contribution < 1.29 is 9.47 Å². The van der Waals surface area contributed by atoms with Crippen LogP contribution in [0.1, 0.15) is 20.3 Å². The predicted molar refractivity (Wildman–Crippen MR) is 54.2 cm³/mol. The van der Waals surface area contributed by atoms with Gasteiger partial charge in [-0.05, 0) is 0 Å². The molecular formula is C11H18O2. The zero-order valence-electron chi connectivity index (χ0n) is 8.67. The molecule has 0 radical (unpaired) electrons. The van der Waals surface area contributed by atoms with Gasteiger partial charge in [-0.2, -0.15) is 0 Å². The van der Waals surface area contributed by atoms with Crippen LogP contribution in [0.25, 0.3) is 0 Å². The SMILES string of the molecule is C#CCC(C)(C)C(C=C)OCOC. The van der Waals surface area contributed by atoms with Crippen molar-refractivity contribution in [3.8, 4) is 12.3 Å². The molecule has 2 nitrogen and oxygen atoms in total. The van der Waals surface area contributed by atoms with Gasteiger partial charge in [-0.15, -0.1) is 18.9 Å². The van der Waals surface area contributed by atoms with E-state index in [9.17, 15) is 0 Å². The van der Waals surface area contributed by atoms with Gasteiger partial charge in [0.2, 0.25) is 0 Å². The molecule has 1 unspecified atom stereocenters. The lowest BCUT2D eigenvalue weighted by molar-refractivity contribution is -0.0898. The first kappa shape index (κ1) is 12.2. The third-order valence-corrected chi connectivity index (χ3v) is 1.91. The first-order chi connectivity index (χ1) is 6.08. The van der Waals surface area contributed by atoms with Crippen LogP contribution in [0, 0.1) is 17.8 Å². The van der Waals surface area contributed by atoms with Gasteiger partial charge in [-0.25, -0.2) is 0 Å². The molecular weight excluding hydrogens is 164 g/mol. The molecule has 13 heavy (non-hydrogen) atoms. The minimum Gasteiger partial charge on any atom is -0.359 e. The van der Waals surface area contributed by atoms with E-state index in [0.29, 0.717) is 6.42 Å². The molecule has 0 fully saturated rings. The smallest absolute Gasteiger partial charge is 0.147 e. The Morgan fingerprint density at radius 2 is 2.23 bits per heavy atom. The lowest BCUT2D eigenvalue weighted by Crippen LogP contribution is -2.30. The summed E-state index contributed by atoms with van der Waals surface area (Å²) in [6, 6.07) is 0. The highest BCUT2D eigenvalue weighted by atomic mass is 16.7. The van der Waals surface area contributed by atoms with E-state index in [1.807, 2.05) is 0 Å². The van der Waals surface area contributed by atoms with Crippen LogP contribution in [0.2, 0.25) is 0 Å². The highest BCUT2D eigenvalue weighted by Crippen LogP contribution is 2.27. The van der Waals surface area contributed by atoms with Crippen molar-refractivity contribution in [3.63, 3.8) is 0 Å². The molecule has 0 aliphatic heterocycles. The fraction of sp³-hybridized carbons (Fsp3) is 0.636. The summed E-state index contributed by atoms with van der Waals surface area (Å²) < 4.78 is 10.2. The van der Waals surface area contributed by atoms with Crippen molar-refractivity contribution in [2.75, 3.05) is 13.9 Å². The van der Waals surface area contributed by atoms with Gasteiger partial charge in [0.25, 0.3) is 0 Å². The molecule has 0 aromatic heterocycles. The average molecular weight is 182 g/mol. The molecule has 74 valence electrons. The van der Waals surface area contributed by atoms with Crippen LogP contribution in [0.3, 0.4) is 0 Å². The third-order valence-electron chi connectivity index (χ3n) is 1.91. The first-order valence-electron chi connectivity index (χ1n) is 4.25. The van der Waals surface area contributed by atoms with Crippen molar-refractivity contribution in [2.45, 2.75) is 26.4 Å². The van der Waals surface area contributed by atoms with Crippen molar-refractivity contribution in [2.24, 2.45) is 5.41 Å². The van der Waals surface area contributed by atoms with Gasteiger partial charge in [0, 0.05) is 18.9 Å². The van der Waals surface area contributed by atoms with Crippen LogP contribution in [-0.4, -0.2) is 20.0 Å². The van der Waals surface area contributed by atoms with Crippen molar-refractivity contribution in [3.05, 3.63) is 12.7 Å². The summed E-state index contributed by atoms with van der Waals surface area (Å²) in [4.78, 5) is 0. The topological polar surface area (TPSA) is 18.5 Å². The molecule has 0 bridgehead atoms. The lowest BCUT2D eigenvalue weighted by Gasteiger charge is -2.30. The monoisotopic (exact) mass is 182 g/mol. The van der Waals surface area contributed by atoms with E-state index < -0.39 is 0 Å². The van der Waals surface area contributed by atoms with Crippen molar-refractivity contribution >= 4 is 0 Å². The zero-order valence-corrected chi connectivity index (χ0v) is 8.67. The molecule has 0 saturated heterocycles. The van der Waals surface area contributed by atoms with Gasteiger partial charge in [0.15, 0.2) is 0 Å². The van der Waals surface area contributed by atoms with E-state index in [-0.39, 0.29) is 18.3 Å². The summed E-state index contributed by atoms with van der Waals surface area (Å²) >= 11 is 0. The van der Waals surface area contributed by atoms with Gasteiger partial charge >= 0.3 is 0 Å². The molecule has 0 heterocycles. The Kier molecular flexibility index (Phi) is 5.45. The Labute approximate surface area is 80.9 Å². The Morgan fingerprint density at radius 1 is 1.62 bits per heavy atom. The zero-order chi connectivity index (χ0) is 10.3. The molecule has 0 rings (SSSR count). The van der Waals surface area contributed by atoms with Gasteiger partial charge < -0.3 is 9.47 Å². The fourth-order valence-corrected chi connectivity index (χ4v) is 1.12. The summed E-state index contributed by atoms with van der Waals surface area (Å²) in [7, 11) is 1.59. The highest BCUT2D eigenvalue weighted by molar-refractivity contribution is 4.99. The lowest BCUT2D eigenvalue weighted by atomic mass is 9.83. The Bertz CT molecular complexity index is 189. The molecule has 0 saturated carbocycles. The summed E-state index contributed by atoms with van der Waals surface area (Å²) in [6.07, 6.45) is 7.62. The Morgan fingerprint density at radius 3 is 2.62 bits per heavy atom. The van der Waals surface area contributed by atoms with Gasteiger partial charge in [0.1, 0.15) is 6.79 Å². The van der Waals surface area contributed by atoms with E-state index >= 15 is 0 Å². The normalized spacial score (nSPS) is 13.4. The van der Waals surface area contributed by atoms with Gasteiger partial charge in [-0.3, -0.25) is 0 Å². The maximum absolute atomic E-state index is 5.42. The molecule has 0 aromatic carbocycles. The molecule has 0 spiro atoms. The predicted octanol–water partition coefficient (Wildman–Crippen LogP) is 2.21.